The average molecular weight is 494 g/mol. The Hall–Kier alpha value is -4.28. The van der Waals surface area contributed by atoms with E-state index in [1.165, 1.54) is 41.0 Å². The molecule has 0 aliphatic carbocycles. The molecule has 1 atom stereocenters. The second kappa shape index (κ2) is 11.9. The van der Waals surface area contributed by atoms with Crippen LogP contribution in [0.4, 0.5) is 15.9 Å². The number of hydrogen-bond acceptors (Lipinski definition) is 7. The average Bonchev–Trinajstić information content (AvgIpc) is 3.14. The highest BCUT2D eigenvalue weighted by Gasteiger charge is 2.23. The van der Waals surface area contributed by atoms with Gasteiger partial charge >= 0.3 is 6.08 Å². The number of halogens is 1. The van der Waals surface area contributed by atoms with E-state index in [9.17, 15) is 14.0 Å². The van der Waals surface area contributed by atoms with E-state index >= 15 is 0 Å². The maximum Gasteiger partial charge on any atom is 0.310 e. The Bertz CT molecular complexity index is 1210. The van der Waals surface area contributed by atoms with Crippen molar-refractivity contribution in [3.05, 3.63) is 72.8 Å². The van der Waals surface area contributed by atoms with Gasteiger partial charge in [-0.3, -0.25) is 14.3 Å². The molecule has 10 nitrogen and oxygen atoms in total. The number of benzene rings is 1. The molecule has 188 valence electrons. The number of anilines is 2. The highest BCUT2D eigenvalue weighted by Crippen LogP contribution is 2.19. The predicted molar refractivity (Wildman–Crippen MR) is 132 cm³/mol. The maximum atomic E-state index is 13.0. The first kappa shape index (κ1) is 24.8. The van der Waals surface area contributed by atoms with Crippen molar-refractivity contribution in [3.8, 4) is 5.75 Å². The van der Waals surface area contributed by atoms with Crippen LogP contribution >= 0.6 is 0 Å². The van der Waals surface area contributed by atoms with Gasteiger partial charge in [-0.2, -0.15) is 14.5 Å². The highest BCUT2D eigenvalue weighted by atomic mass is 19.1. The summed E-state index contributed by atoms with van der Waals surface area (Å²) in [4.78, 5) is 33.8. The Morgan fingerprint density at radius 2 is 2.06 bits per heavy atom. The molecule has 0 saturated carbocycles. The van der Waals surface area contributed by atoms with Crippen molar-refractivity contribution in [2.45, 2.75) is 38.8 Å². The number of nitrogens with one attached hydrogen (secondary N) is 2. The minimum absolute atomic E-state index is 0.0587. The van der Waals surface area contributed by atoms with E-state index < -0.39 is 12.0 Å². The molecule has 2 aromatic heterocycles. The Labute approximate surface area is 208 Å². The first-order chi connectivity index (χ1) is 17.4. The number of likely N-dealkylation sites (tertiary alicyclic amines) is 1. The summed E-state index contributed by atoms with van der Waals surface area (Å²) in [6.07, 6.45) is 8.76. The normalized spacial score (nSPS) is 15.9. The minimum atomic E-state index is -0.866. The molecule has 0 spiro atoms. The van der Waals surface area contributed by atoms with Crippen molar-refractivity contribution in [2.24, 2.45) is 0 Å². The molecule has 1 aromatic carbocycles. The topological polar surface area (TPSA) is 114 Å². The number of amides is 2. The van der Waals surface area contributed by atoms with Gasteiger partial charge < -0.3 is 20.3 Å². The standard InChI is InChI=1S/C25H28FN7O3/c1-18-5-7-20(8-6-18)36-21-4-2-3-13-32(16-21)24(35)17-33-15-19(14-29-33)30-23(34)10-12-27-22-9-11-28-25(26)31-22/h5-12,14-15,21H,2-4,13,16-17H2,1H3,(H,30,34)(H,27,28,31). The van der Waals surface area contributed by atoms with Crippen LogP contribution in [0.2, 0.25) is 0 Å². The second-order valence-corrected chi connectivity index (χ2v) is 8.49. The Kier molecular flexibility index (Phi) is 8.22. The third-order valence-electron chi connectivity index (χ3n) is 5.59. The van der Waals surface area contributed by atoms with Crippen molar-refractivity contribution in [1.82, 2.24) is 24.6 Å². The van der Waals surface area contributed by atoms with E-state index in [1.54, 1.807) is 6.20 Å². The lowest BCUT2D eigenvalue weighted by molar-refractivity contribution is -0.132. The molecule has 2 N–H and O–H groups in total. The molecule has 2 amide bonds. The zero-order chi connectivity index (χ0) is 25.3. The van der Waals surface area contributed by atoms with Crippen molar-refractivity contribution in [2.75, 3.05) is 23.7 Å². The molecule has 1 saturated heterocycles. The van der Waals surface area contributed by atoms with Crippen LogP contribution in [0.1, 0.15) is 24.8 Å². The molecule has 3 heterocycles. The maximum absolute atomic E-state index is 13.0. The first-order valence-electron chi connectivity index (χ1n) is 11.7. The van der Waals surface area contributed by atoms with Gasteiger partial charge in [0.05, 0.1) is 18.4 Å². The molecular formula is C25H28FN7O3. The summed E-state index contributed by atoms with van der Waals surface area (Å²) < 4.78 is 20.6. The van der Waals surface area contributed by atoms with E-state index in [4.69, 9.17) is 4.74 Å². The number of aryl methyl sites for hydroxylation is 1. The summed E-state index contributed by atoms with van der Waals surface area (Å²) in [6.45, 7) is 3.28. The van der Waals surface area contributed by atoms with Gasteiger partial charge in [0.1, 0.15) is 24.2 Å². The predicted octanol–water partition coefficient (Wildman–Crippen LogP) is 3.15. The van der Waals surface area contributed by atoms with Gasteiger partial charge in [0.15, 0.2) is 0 Å². The molecule has 1 aliphatic rings. The molecule has 11 heteroatoms. The smallest absolute Gasteiger partial charge is 0.310 e. The number of rotatable bonds is 8. The number of aromatic nitrogens is 4. The number of hydrogen-bond donors (Lipinski definition) is 2. The molecule has 1 aliphatic heterocycles. The van der Waals surface area contributed by atoms with Crippen LogP contribution in [0.25, 0.3) is 0 Å². The van der Waals surface area contributed by atoms with E-state index in [-0.39, 0.29) is 24.4 Å². The number of carbonyl (C=O) groups is 2. The van der Waals surface area contributed by atoms with E-state index in [0.717, 1.165) is 25.0 Å². The Balaban J connectivity index is 1.27. The molecule has 4 rings (SSSR count). The number of ether oxygens (including phenoxy) is 1. The van der Waals surface area contributed by atoms with Gasteiger partial charge in [-0.15, -0.1) is 0 Å². The van der Waals surface area contributed by atoms with E-state index in [2.05, 4.69) is 25.7 Å². The monoisotopic (exact) mass is 493 g/mol. The summed E-state index contributed by atoms with van der Waals surface area (Å²) in [5, 5.41) is 9.53. The molecule has 1 fully saturated rings. The molecule has 0 bridgehead atoms. The van der Waals surface area contributed by atoms with Crippen LogP contribution in [0.3, 0.4) is 0 Å². The number of nitrogens with zero attached hydrogens (tertiary/aromatic N) is 5. The van der Waals surface area contributed by atoms with Crippen LogP contribution in [-0.2, 0) is 16.1 Å². The van der Waals surface area contributed by atoms with Crippen molar-refractivity contribution in [1.29, 1.82) is 0 Å². The SMILES string of the molecule is Cc1ccc(OC2CCCCN(C(=O)Cn3cc(NC(=O)C=CNc4ccnc(F)n4)cn3)C2)cc1. The summed E-state index contributed by atoms with van der Waals surface area (Å²) in [5.41, 5.74) is 1.61. The van der Waals surface area contributed by atoms with Crippen LogP contribution in [0.15, 0.2) is 61.2 Å². The van der Waals surface area contributed by atoms with Gasteiger partial charge in [0.2, 0.25) is 11.8 Å². The summed E-state index contributed by atoms with van der Waals surface area (Å²) in [7, 11) is 0. The fraction of sp³-hybridized carbons (Fsp3) is 0.320. The minimum Gasteiger partial charge on any atom is -0.489 e. The van der Waals surface area contributed by atoms with Crippen LogP contribution in [-0.4, -0.2) is 55.7 Å². The zero-order valence-corrected chi connectivity index (χ0v) is 19.9. The van der Waals surface area contributed by atoms with Crippen LogP contribution in [0.5, 0.6) is 5.75 Å². The lowest BCUT2D eigenvalue weighted by Crippen LogP contribution is -2.40. The third-order valence-corrected chi connectivity index (χ3v) is 5.59. The lowest BCUT2D eigenvalue weighted by atomic mass is 10.2. The molecule has 0 radical (unpaired) electrons. The first-order valence-corrected chi connectivity index (χ1v) is 11.7. The van der Waals surface area contributed by atoms with Gasteiger partial charge in [-0.05, 0) is 44.4 Å². The van der Waals surface area contributed by atoms with Gasteiger partial charge in [-0.25, -0.2) is 4.98 Å². The van der Waals surface area contributed by atoms with E-state index in [0.29, 0.717) is 18.8 Å². The summed E-state index contributed by atoms with van der Waals surface area (Å²) >= 11 is 0. The molecular weight excluding hydrogens is 465 g/mol. The zero-order valence-electron chi connectivity index (χ0n) is 19.9. The Morgan fingerprint density at radius 3 is 2.86 bits per heavy atom. The molecule has 36 heavy (non-hydrogen) atoms. The Morgan fingerprint density at radius 1 is 1.22 bits per heavy atom. The van der Waals surface area contributed by atoms with Crippen molar-refractivity contribution >= 4 is 23.3 Å². The fourth-order valence-corrected chi connectivity index (χ4v) is 3.79. The molecule has 3 aromatic rings. The number of carbonyl (C=O) groups excluding carboxylic acids is 2. The summed E-state index contributed by atoms with van der Waals surface area (Å²) in [6, 6.07) is 9.39. The van der Waals surface area contributed by atoms with Gasteiger partial charge in [0.25, 0.3) is 0 Å². The molecule has 1 unspecified atom stereocenters. The lowest BCUT2D eigenvalue weighted by Gasteiger charge is -2.25. The van der Waals surface area contributed by atoms with Crippen LogP contribution < -0.4 is 15.4 Å². The largest absolute Gasteiger partial charge is 0.489 e. The van der Waals surface area contributed by atoms with Gasteiger partial charge in [0, 0.05) is 31.2 Å². The quantitative estimate of drug-likeness (QED) is 0.366. The van der Waals surface area contributed by atoms with Crippen molar-refractivity contribution in [3.63, 3.8) is 0 Å². The third kappa shape index (κ3) is 7.36. The second-order valence-electron chi connectivity index (χ2n) is 8.49. The highest BCUT2D eigenvalue weighted by molar-refractivity contribution is 5.99. The van der Waals surface area contributed by atoms with E-state index in [1.807, 2.05) is 36.1 Å². The summed E-state index contributed by atoms with van der Waals surface area (Å²) in [5.74, 6) is 0.543. The van der Waals surface area contributed by atoms with Gasteiger partial charge in [-0.1, -0.05) is 17.7 Å². The fourth-order valence-electron chi connectivity index (χ4n) is 3.79. The van der Waals surface area contributed by atoms with Crippen molar-refractivity contribution < 1.29 is 18.7 Å². The van der Waals surface area contributed by atoms with Crippen LogP contribution in [0, 0.1) is 13.0 Å².